The Morgan fingerprint density at radius 3 is 1.68 bits per heavy atom. The Morgan fingerprint density at radius 1 is 0.458 bits per heavy atom. The van der Waals surface area contributed by atoms with Gasteiger partial charge in [-0.15, -0.1) is 0 Å². The number of hydrogen-bond acceptors (Lipinski definition) is 2. The number of anilines is 3. The lowest BCUT2D eigenvalue weighted by Gasteiger charge is -2.32. The first-order valence-corrected chi connectivity index (χ1v) is 20.7. The zero-order chi connectivity index (χ0) is 40.3. The van der Waals surface area contributed by atoms with Gasteiger partial charge >= 0.3 is 0 Å². The molecular formula is C57H47NO. The maximum absolute atomic E-state index is 6.96. The van der Waals surface area contributed by atoms with Crippen molar-refractivity contribution in [2.24, 2.45) is 0 Å². The van der Waals surface area contributed by atoms with Crippen molar-refractivity contribution in [1.82, 2.24) is 0 Å². The Kier molecular flexibility index (Phi) is 8.76. The second-order valence-corrected chi connectivity index (χ2v) is 17.3. The summed E-state index contributed by atoms with van der Waals surface area (Å²) >= 11 is 0. The summed E-state index contributed by atoms with van der Waals surface area (Å²) in [6.45, 7) is 11.6. The molecule has 0 aromatic heterocycles. The number of nitrogens with zero attached hydrogens (tertiary/aromatic N) is 1. The fourth-order valence-corrected chi connectivity index (χ4v) is 9.21. The fourth-order valence-electron chi connectivity index (χ4n) is 9.21. The van der Waals surface area contributed by atoms with Crippen molar-refractivity contribution in [3.8, 4) is 33.8 Å². The number of benzene rings is 8. The van der Waals surface area contributed by atoms with E-state index in [0.717, 1.165) is 56.4 Å². The number of hydrogen-bond donors (Lipinski definition) is 0. The predicted molar refractivity (Wildman–Crippen MR) is 247 cm³/mol. The van der Waals surface area contributed by atoms with Gasteiger partial charge in [0.1, 0.15) is 11.5 Å². The van der Waals surface area contributed by atoms with Crippen LogP contribution in [-0.4, -0.2) is 0 Å². The van der Waals surface area contributed by atoms with Gasteiger partial charge in [0.2, 0.25) is 0 Å². The molecule has 2 aliphatic rings. The van der Waals surface area contributed by atoms with E-state index in [2.05, 4.69) is 234 Å². The maximum atomic E-state index is 6.96. The molecule has 0 radical (unpaired) electrons. The van der Waals surface area contributed by atoms with E-state index in [1.54, 1.807) is 0 Å². The highest BCUT2D eigenvalue weighted by Crippen LogP contribution is 2.54. The topological polar surface area (TPSA) is 12.5 Å². The summed E-state index contributed by atoms with van der Waals surface area (Å²) in [7, 11) is 0. The van der Waals surface area contributed by atoms with E-state index in [0.29, 0.717) is 0 Å². The molecule has 286 valence electrons. The van der Waals surface area contributed by atoms with Gasteiger partial charge in [0.25, 0.3) is 0 Å². The molecule has 8 aromatic carbocycles. The molecule has 2 nitrogen and oxygen atoms in total. The normalized spacial score (nSPS) is 13.4. The van der Waals surface area contributed by atoms with Gasteiger partial charge in [-0.1, -0.05) is 180 Å². The highest BCUT2D eigenvalue weighted by Gasteiger charge is 2.36. The van der Waals surface area contributed by atoms with Gasteiger partial charge in [-0.05, 0) is 98.0 Å². The van der Waals surface area contributed by atoms with Gasteiger partial charge in [-0.2, -0.15) is 0 Å². The molecule has 59 heavy (non-hydrogen) atoms. The summed E-state index contributed by atoms with van der Waals surface area (Å²) in [6, 6.07) is 70.5. The summed E-state index contributed by atoms with van der Waals surface area (Å²) in [5.74, 6) is 1.67. The second-order valence-electron chi connectivity index (χ2n) is 17.3. The minimum Gasteiger partial charge on any atom is -0.456 e. The minimum absolute atomic E-state index is 0.0265. The highest BCUT2D eigenvalue weighted by atomic mass is 16.5. The van der Waals surface area contributed by atoms with Crippen molar-refractivity contribution in [3.63, 3.8) is 0 Å². The highest BCUT2D eigenvalue weighted by molar-refractivity contribution is 6.08. The summed E-state index contributed by atoms with van der Waals surface area (Å²) in [5, 5.41) is 0. The Hall–Kier alpha value is -6.90. The maximum Gasteiger partial charge on any atom is 0.137 e. The number of fused-ring (bicyclic) bond motifs is 5. The standard InChI is InChI=1S/C57H47NO/c1-56(2,3)41-29-34-51(48(35-41)38-19-9-6-10-20-38)58(42-30-32-45-44-25-15-17-27-49(44)57(4,5)50(45)36-42)43-31-33-47-53(37-43)59-52-28-18-16-26-46(52)55(47)54(39-21-11-7-12-22-39)40-23-13-8-14-24-40/h6-37H,1-5H3. The first kappa shape index (κ1) is 36.4. The van der Waals surface area contributed by atoms with Crippen LogP contribution >= 0.6 is 0 Å². The van der Waals surface area contributed by atoms with E-state index in [9.17, 15) is 0 Å². The molecule has 2 heteroatoms. The van der Waals surface area contributed by atoms with E-state index >= 15 is 0 Å². The van der Waals surface area contributed by atoms with Crippen molar-refractivity contribution in [3.05, 3.63) is 233 Å². The van der Waals surface area contributed by atoms with E-state index in [1.165, 1.54) is 44.5 Å². The molecule has 0 atom stereocenters. The van der Waals surface area contributed by atoms with Crippen LogP contribution < -0.4 is 9.64 Å². The van der Waals surface area contributed by atoms with Crippen LogP contribution in [-0.2, 0) is 10.8 Å². The van der Waals surface area contributed by atoms with Gasteiger partial charge in [0.15, 0.2) is 0 Å². The Morgan fingerprint density at radius 2 is 1.00 bits per heavy atom. The van der Waals surface area contributed by atoms with E-state index in [1.807, 2.05) is 0 Å². The average Bonchev–Trinajstić information content (AvgIpc) is 3.49. The first-order valence-electron chi connectivity index (χ1n) is 20.7. The number of para-hydroxylation sites is 1. The molecule has 1 aliphatic carbocycles. The average molecular weight is 762 g/mol. The Bertz CT molecular complexity index is 2860. The Balaban J connectivity index is 1.23. The zero-order valence-electron chi connectivity index (χ0n) is 34.3. The molecule has 1 heterocycles. The fraction of sp³-hybridized carbons (Fsp3) is 0.123. The van der Waals surface area contributed by atoms with E-state index in [-0.39, 0.29) is 10.8 Å². The van der Waals surface area contributed by atoms with Crippen molar-refractivity contribution < 1.29 is 4.74 Å². The summed E-state index contributed by atoms with van der Waals surface area (Å²) in [6.07, 6.45) is 0. The van der Waals surface area contributed by atoms with Gasteiger partial charge < -0.3 is 9.64 Å². The van der Waals surface area contributed by atoms with Gasteiger partial charge in [0, 0.05) is 45.1 Å². The van der Waals surface area contributed by atoms with Crippen LogP contribution in [0.4, 0.5) is 17.1 Å². The zero-order valence-corrected chi connectivity index (χ0v) is 34.3. The van der Waals surface area contributed by atoms with Crippen molar-refractivity contribution in [2.75, 3.05) is 4.90 Å². The van der Waals surface area contributed by atoms with Crippen LogP contribution in [0, 0.1) is 0 Å². The third-order valence-corrected chi connectivity index (χ3v) is 12.3. The first-order chi connectivity index (χ1) is 28.7. The largest absolute Gasteiger partial charge is 0.456 e. The third kappa shape index (κ3) is 6.28. The summed E-state index contributed by atoms with van der Waals surface area (Å²) < 4.78 is 6.96. The molecular weight excluding hydrogens is 715 g/mol. The molecule has 0 amide bonds. The van der Waals surface area contributed by atoms with Crippen molar-refractivity contribution >= 4 is 28.2 Å². The van der Waals surface area contributed by atoms with Crippen LogP contribution in [0.25, 0.3) is 33.4 Å². The van der Waals surface area contributed by atoms with Crippen LogP contribution in [0.3, 0.4) is 0 Å². The minimum atomic E-state index is -0.153. The molecule has 1 aliphatic heterocycles. The second kappa shape index (κ2) is 14.2. The van der Waals surface area contributed by atoms with E-state index < -0.39 is 0 Å². The molecule has 0 saturated carbocycles. The lowest BCUT2D eigenvalue weighted by atomic mass is 9.82. The van der Waals surface area contributed by atoms with Crippen LogP contribution in [0.5, 0.6) is 11.5 Å². The van der Waals surface area contributed by atoms with Crippen LogP contribution in [0.1, 0.15) is 73.6 Å². The smallest absolute Gasteiger partial charge is 0.137 e. The third-order valence-electron chi connectivity index (χ3n) is 12.3. The molecule has 0 fully saturated rings. The van der Waals surface area contributed by atoms with Crippen LogP contribution in [0.15, 0.2) is 194 Å². The molecule has 10 rings (SSSR count). The molecule has 8 aromatic rings. The van der Waals surface area contributed by atoms with Gasteiger partial charge in [-0.25, -0.2) is 0 Å². The van der Waals surface area contributed by atoms with Crippen molar-refractivity contribution in [1.29, 1.82) is 0 Å². The molecule has 0 unspecified atom stereocenters. The molecule has 0 bridgehead atoms. The van der Waals surface area contributed by atoms with Gasteiger partial charge in [-0.3, -0.25) is 0 Å². The van der Waals surface area contributed by atoms with Crippen LogP contribution in [0.2, 0.25) is 0 Å². The summed E-state index contributed by atoms with van der Waals surface area (Å²) in [5.41, 5.74) is 18.8. The van der Waals surface area contributed by atoms with E-state index in [4.69, 9.17) is 4.74 Å². The number of ether oxygens (including phenoxy) is 1. The van der Waals surface area contributed by atoms with Gasteiger partial charge in [0.05, 0.1) is 5.69 Å². The summed E-state index contributed by atoms with van der Waals surface area (Å²) in [4.78, 5) is 2.44. The lowest BCUT2D eigenvalue weighted by Crippen LogP contribution is -2.17. The predicted octanol–water partition coefficient (Wildman–Crippen LogP) is 15.5. The van der Waals surface area contributed by atoms with Crippen molar-refractivity contribution in [2.45, 2.75) is 45.4 Å². The molecule has 0 saturated heterocycles. The quantitative estimate of drug-likeness (QED) is 0.167. The Labute approximate surface area is 348 Å². The number of rotatable bonds is 6. The molecule has 0 N–H and O–H groups in total. The lowest BCUT2D eigenvalue weighted by molar-refractivity contribution is 0.474. The molecule has 0 spiro atoms. The monoisotopic (exact) mass is 761 g/mol. The SMILES string of the molecule is CC(C)(C)c1ccc(N(c2ccc3c(c2)Oc2ccccc2C3=C(c2ccccc2)c2ccccc2)c2ccc3c(c2)C(C)(C)c2ccccc2-3)c(-c2ccccc2)c1.